The highest BCUT2D eigenvalue weighted by molar-refractivity contribution is 5.33. The molecule has 1 heterocycles. The molecule has 1 rings (SSSR count). The Bertz CT molecular complexity index is 415. The number of aromatic nitrogens is 1. The molecule has 2 N–H and O–H groups in total. The number of nitrogens with zero attached hydrogens (tertiary/aromatic N) is 2. The molecule has 0 aliphatic rings. The highest BCUT2D eigenvalue weighted by Crippen LogP contribution is 2.13. The van der Waals surface area contributed by atoms with Gasteiger partial charge in [0.1, 0.15) is 11.8 Å². The van der Waals surface area contributed by atoms with E-state index in [0.717, 1.165) is 11.3 Å². The van der Waals surface area contributed by atoms with E-state index in [4.69, 9.17) is 5.26 Å². The number of nitrogens with one attached hydrogen (secondary N) is 1. The predicted octanol–water partition coefficient (Wildman–Crippen LogP) is 1.31. The fraction of sp³-hybridized carbons (Fsp3) is 0.615. The van der Waals surface area contributed by atoms with Crippen LogP contribution in [-0.2, 0) is 13.6 Å². The predicted molar refractivity (Wildman–Crippen MR) is 67.4 cm³/mol. The van der Waals surface area contributed by atoms with Crippen molar-refractivity contribution in [2.24, 2.45) is 13.0 Å². The van der Waals surface area contributed by atoms with Crippen LogP contribution in [-0.4, -0.2) is 22.3 Å². The molecule has 1 atom stereocenters. The molecule has 17 heavy (non-hydrogen) atoms. The van der Waals surface area contributed by atoms with E-state index in [2.05, 4.69) is 11.4 Å². The molecular formula is C13H21N3O. The SMILES string of the molecule is Cc1c(CNCC(O)C(C)C)cc(C#N)n1C. The highest BCUT2D eigenvalue weighted by atomic mass is 16.3. The monoisotopic (exact) mass is 235 g/mol. The second-order valence-electron chi connectivity index (χ2n) is 4.75. The van der Waals surface area contributed by atoms with Crippen LogP contribution in [0.2, 0.25) is 0 Å². The third-order valence-electron chi connectivity index (χ3n) is 3.19. The maximum absolute atomic E-state index is 9.66. The molecule has 0 fully saturated rings. The summed E-state index contributed by atoms with van der Waals surface area (Å²) in [5.74, 6) is 0.258. The van der Waals surface area contributed by atoms with Gasteiger partial charge in [-0.1, -0.05) is 13.8 Å². The van der Waals surface area contributed by atoms with Gasteiger partial charge in [0, 0.05) is 25.8 Å². The van der Waals surface area contributed by atoms with Gasteiger partial charge in [-0.3, -0.25) is 0 Å². The summed E-state index contributed by atoms with van der Waals surface area (Å²) in [6.45, 7) is 7.25. The standard InChI is InChI=1S/C13H21N3O/c1-9(2)13(17)8-15-7-11-5-12(6-14)16(4)10(11)3/h5,9,13,15,17H,7-8H2,1-4H3. The van der Waals surface area contributed by atoms with Crippen molar-refractivity contribution in [1.82, 2.24) is 9.88 Å². The van der Waals surface area contributed by atoms with E-state index in [1.54, 1.807) is 0 Å². The topological polar surface area (TPSA) is 61.0 Å². The van der Waals surface area contributed by atoms with Gasteiger partial charge in [0.2, 0.25) is 0 Å². The summed E-state index contributed by atoms with van der Waals surface area (Å²) in [4.78, 5) is 0. The average molecular weight is 235 g/mol. The zero-order valence-corrected chi connectivity index (χ0v) is 11.0. The first-order valence-electron chi connectivity index (χ1n) is 5.91. The molecule has 0 radical (unpaired) electrons. The van der Waals surface area contributed by atoms with Crippen LogP contribution < -0.4 is 5.32 Å². The third-order valence-corrected chi connectivity index (χ3v) is 3.19. The van der Waals surface area contributed by atoms with Gasteiger partial charge >= 0.3 is 0 Å². The maximum Gasteiger partial charge on any atom is 0.120 e. The minimum absolute atomic E-state index is 0.258. The van der Waals surface area contributed by atoms with E-state index in [1.807, 2.05) is 38.5 Å². The van der Waals surface area contributed by atoms with E-state index < -0.39 is 0 Å². The van der Waals surface area contributed by atoms with Crippen LogP contribution in [0.4, 0.5) is 0 Å². The fourth-order valence-corrected chi connectivity index (χ4v) is 1.64. The molecular weight excluding hydrogens is 214 g/mol. The van der Waals surface area contributed by atoms with Crippen molar-refractivity contribution in [3.63, 3.8) is 0 Å². The van der Waals surface area contributed by atoms with E-state index in [9.17, 15) is 5.11 Å². The lowest BCUT2D eigenvalue weighted by atomic mass is 10.1. The first-order valence-corrected chi connectivity index (χ1v) is 5.91. The molecule has 1 unspecified atom stereocenters. The Morgan fingerprint density at radius 2 is 2.18 bits per heavy atom. The summed E-state index contributed by atoms with van der Waals surface area (Å²) in [6, 6.07) is 4.05. The van der Waals surface area contributed by atoms with Crippen LogP contribution in [0.5, 0.6) is 0 Å². The lowest BCUT2D eigenvalue weighted by molar-refractivity contribution is 0.123. The summed E-state index contributed by atoms with van der Waals surface area (Å²) >= 11 is 0. The molecule has 94 valence electrons. The van der Waals surface area contributed by atoms with Gasteiger partial charge in [0.15, 0.2) is 0 Å². The zero-order valence-electron chi connectivity index (χ0n) is 11.0. The molecule has 0 aromatic carbocycles. The normalized spacial score (nSPS) is 12.8. The molecule has 0 aliphatic carbocycles. The van der Waals surface area contributed by atoms with E-state index in [-0.39, 0.29) is 12.0 Å². The van der Waals surface area contributed by atoms with Crippen LogP contribution >= 0.6 is 0 Å². The molecule has 1 aromatic rings. The number of nitriles is 1. The Kier molecular flexibility index (Phi) is 4.73. The largest absolute Gasteiger partial charge is 0.392 e. The third kappa shape index (κ3) is 3.32. The van der Waals surface area contributed by atoms with Crippen LogP contribution in [0.25, 0.3) is 0 Å². The summed E-state index contributed by atoms with van der Waals surface area (Å²) in [5.41, 5.74) is 2.87. The lowest BCUT2D eigenvalue weighted by Crippen LogP contribution is -2.30. The number of rotatable bonds is 5. The average Bonchev–Trinajstić information content (AvgIpc) is 2.56. The van der Waals surface area contributed by atoms with Crippen LogP contribution in [0.15, 0.2) is 6.07 Å². The van der Waals surface area contributed by atoms with Crippen molar-refractivity contribution in [2.75, 3.05) is 6.54 Å². The van der Waals surface area contributed by atoms with Gasteiger partial charge in [0.25, 0.3) is 0 Å². The smallest absolute Gasteiger partial charge is 0.120 e. The van der Waals surface area contributed by atoms with Crippen LogP contribution in [0, 0.1) is 24.2 Å². The minimum atomic E-state index is -0.325. The number of hydrogen-bond donors (Lipinski definition) is 2. The molecule has 4 nitrogen and oxygen atoms in total. The van der Waals surface area contributed by atoms with Gasteiger partial charge in [0.05, 0.1) is 6.10 Å². The molecule has 4 heteroatoms. The van der Waals surface area contributed by atoms with E-state index in [0.29, 0.717) is 18.8 Å². The molecule has 0 saturated heterocycles. The van der Waals surface area contributed by atoms with E-state index in [1.165, 1.54) is 0 Å². The van der Waals surface area contributed by atoms with Crippen molar-refractivity contribution in [3.05, 3.63) is 23.0 Å². The fourth-order valence-electron chi connectivity index (χ4n) is 1.64. The molecule has 1 aromatic heterocycles. The Morgan fingerprint density at radius 1 is 1.53 bits per heavy atom. The van der Waals surface area contributed by atoms with Gasteiger partial charge in [-0.25, -0.2) is 0 Å². The molecule has 0 aliphatic heterocycles. The molecule has 0 spiro atoms. The first-order chi connectivity index (χ1) is 7.97. The van der Waals surface area contributed by atoms with Crippen molar-refractivity contribution >= 4 is 0 Å². The molecule has 0 amide bonds. The van der Waals surface area contributed by atoms with Crippen molar-refractivity contribution in [3.8, 4) is 6.07 Å². The number of aliphatic hydroxyl groups is 1. The minimum Gasteiger partial charge on any atom is -0.392 e. The van der Waals surface area contributed by atoms with Crippen LogP contribution in [0.3, 0.4) is 0 Å². The number of aliphatic hydroxyl groups excluding tert-OH is 1. The summed E-state index contributed by atoms with van der Waals surface area (Å²) in [7, 11) is 1.89. The summed E-state index contributed by atoms with van der Waals surface area (Å²) in [6.07, 6.45) is -0.325. The molecule has 0 bridgehead atoms. The summed E-state index contributed by atoms with van der Waals surface area (Å²) in [5, 5.41) is 21.8. The van der Waals surface area contributed by atoms with Gasteiger partial charge in [-0.05, 0) is 24.5 Å². The summed E-state index contributed by atoms with van der Waals surface area (Å²) < 4.78 is 1.88. The Morgan fingerprint density at radius 3 is 2.65 bits per heavy atom. The van der Waals surface area contributed by atoms with Crippen molar-refractivity contribution in [2.45, 2.75) is 33.4 Å². The van der Waals surface area contributed by atoms with Crippen molar-refractivity contribution in [1.29, 1.82) is 5.26 Å². The quantitative estimate of drug-likeness (QED) is 0.809. The Hall–Kier alpha value is -1.31. The maximum atomic E-state index is 9.66. The second kappa shape index (κ2) is 5.85. The number of hydrogen-bond acceptors (Lipinski definition) is 3. The second-order valence-corrected chi connectivity index (χ2v) is 4.75. The Labute approximate surface area is 103 Å². The first kappa shape index (κ1) is 13.8. The van der Waals surface area contributed by atoms with E-state index >= 15 is 0 Å². The zero-order chi connectivity index (χ0) is 13.0. The van der Waals surface area contributed by atoms with Crippen molar-refractivity contribution < 1.29 is 5.11 Å². The molecule has 0 saturated carbocycles. The van der Waals surface area contributed by atoms with Gasteiger partial charge < -0.3 is 15.0 Å². The van der Waals surface area contributed by atoms with Gasteiger partial charge in [-0.15, -0.1) is 0 Å². The van der Waals surface area contributed by atoms with Gasteiger partial charge in [-0.2, -0.15) is 5.26 Å². The van der Waals surface area contributed by atoms with Crippen LogP contribution in [0.1, 0.15) is 30.8 Å². The Balaban J connectivity index is 2.56. The lowest BCUT2D eigenvalue weighted by Gasteiger charge is -2.15. The highest BCUT2D eigenvalue weighted by Gasteiger charge is 2.11.